The second kappa shape index (κ2) is 11.2. The minimum atomic E-state index is -4.73. The van der Waals surface area contributed by atoms with Gasteiger partial charge in [0.05, 0.1) is 17.2 Å². The summed E-state index contributed by atoms with van der Waals surface area (Å²) in [5, 5.41) is 2.81. The van der Waals surface area contributed by atoms with Crippen molar-refractivity contribution in [3.8, 4) is 5.75 Å². The smallest absolute Gasteiger partial charge is 0.406 e. The zero-order valence-corrected chi connectivity index (χ0v) is 18.4. The molecule has 3 N–H and O–H groups in total. The third-order valence-electron chi connectivity index (χ3n) is 3.59. The highest BCUT2D eigenvalue weighted by atomic mass is 127. The molecule has 0 amide bonds. The van der Waals surface area contributed by atoms with Gasteiger partial charge in [-0.15, -0.1) is 37.1 Å². The SMILES string of the molecule is I.NC(=NCc1ccc(OC(F)(F)F)cc1)NCCCS(=O)(=O)c1ccccc1. The van der Waals surface area contributed by atoms with E-state index in [4.69, 9.17) is 5.73 Å². The van der Waals surface area contributed by atoms with Crippen LogP contribution < -0.4 is 15.8 Å². The van der Waals surface area contributed by atoms with E-state index in [0.29, 0.717) is 18.5 Å². The van der Waals surface area contributed by atoms with Gasteiger partial charge in [-0.25, -0.2) is 13.4 Å². The van der Waals surface area contributed by atoms with Gasteiger partial charge in [0.1, 0.15) is 5.75 Å². The Hall–Kier alpha value is -2.02. The number of nitrogens with two attached hydrogens (primary N) is 1. The topological polar surface area (TPSA) is 93.8 Å². The number of hydrogen-bond acceptors (Lipinski definition) is 4. The highest BCUT2D eigenvalue weighted by Gasteiger charge is 2.30. The van der Waals surface area contributed by atoms with Crippen molar-refractivity contribution in [3.05, 3.63) is 60.2 Å². The van der Waals surface area contributed by atoms with E-state index in [-0.39, 0.29) is 52.9 Å². The van der Waals surface area contributed by atoms with Gasteiger partial charge < -0.3 is 15.8 Å². The van der Waals surface area contributed by atoms with Gasteiger partial charge in [0.15, 0.2) is 15.8 Å². The number of sulfone groups is 1. The average molecular weight is 543 g/mol. The summed E-state index contributed by atoms with van der Waals surface area (Å²) >= 11 is 0. The number of hydrogen-bond donors (Lipinski definition) is 2. The number of benzene rings is 2. The van der Waals surface area contributed by atoms with Crippen LogP contribution in [0.15, 0.2) is 64.5 Å². The summed E-state index contributed by atoms with van der Waals surface area (Å²) in [6.07, 6.45) is -4.39. The number of alkyl halides is 3. The number of aliphatic imine (C=N–C) groups is 1. The molecule has 0 aliphatic heterocycles. The van der Waals surface area contributed by atoms with Crippen molar-refractivity contribution < 1.29 is 26.3 Å². The first-order valence-electron chi connectivity index (χ1n) is 8.32. The molecule has 2 rings (SSSR count). The lowest BCUT2D eigenvalue weighted by Gasteiger charge is -2.09. The molecule has 0 unspecified atom stereocenters. The summed E-state index contributed by atoms with van der Waals surface area (Å²) in [4.78, 5) is 4.33. The summed E-state index contributed by atoms with van der Waals surface area (Å²) in [7, 11) is -3.34. The number of nitrogens with zero attached hydrogens (tertiary/aromatic N) is 1. The number of ether oxygens (including phenoxy) is 1. The molecule has 2 aromatic rings. The molecular weight excluding hydrogens is 522 g/mol. The summed E-state index contributed by atoms with van der Waals surface area (Å²) in [6, 6.07) is 13.4. The molecule has 0 atom stereocenters. The zero-order valence-electron chi connectivity index (χ0n) is 15.2. The van der Waals surface area contributed by atoms with Crippen molar-refractivity contribution in [2.24, 2.45) is 10.7 Å². The highest BCUT2D eigenvalue weighted by Crippen LogP contribution is 2.22. The third-order valence-corrected chi connectivity index (χ3v) is 5.40. The lowest BCUT2D eigenvalue weighted by Crippen LogP contribution is -2.33. The van der Waals surface area contributed by atoms with E-state index < -0.39 is 16.2 Å². The third kappa shape index (κ3) is 9.35. The van der Waals surface area contributed by atoms with Gasteiger partial charge in [-0.05, 0) is 36.2 Å². The first-order valence-corrected chi connectivity index (χ1v) is 9.97. The van der Waals surface area contributed by atoms with Crippen molar-refractivity contribution in [1.29, 1.82) is 0 Å². The molecule has 0 fully saturated rings. The van der Waals surface area contributed by atoms with Crippen LogP contribution in [0.5, 0.6) is 5.75 Å². The Morgan fingerprint density at radius 1 is 1.07 bits per heavy atom. The lowest BCUT2D eigenvalue weighted by atomic mass is 10.2. The number of rotatable bonds is 8. The molecule has 6 nitrogen and oxygen atoms in total. The fourth-order valence-electron chi connectivity index (χ4n) is 2.25. The molecule has 0 aliphatic carbocycles. The molecule has 0 heterocycles. The fourth-order valence-corrected chi connectivity index (χ4v) is 3.59. The lowest BCUT2D eigenvalue weighted by molar-refractivity contribution is -0.274. The Morgan fingerprint density at radius 2 is 1.69 bits per heavy atom. The maximum absolute atomic E-state index is 12.1. The van der Waals surface area contributed by atoms with Crippen LogP contribution in [-0.2, 0) is 16.4 Å². The van der Waals surface area contributed by atoms with Crippen LogP contribution in [0.1, 0.15) is 12.0 Å². The van der Waals surface area contributed by atoms with Crippen molar-refractivity contribution in [2.45, 2.75) is 24.2 Å². The molecule has 0 bridgehead atoms. The zero-order chi connectivity index (χ0) is 20.6. The largest absolute Gasteiger partial charge is 0.573 e. The molecule has 2 aromatic carbocycles. The Balaban J connectivity index is 0.00000420. The molecule has 29 heavy (non-hydrogen) atoms. The summed E-state index contributed by atoms with van der Waals surface area (Å²) in [5.41, 5.74) is 6.36. The monoisotopic (exact) mass is 543 g/mol. The van der Waals surface area contributed by atoms with E-state index in [1.54, 1.807) is 30.3 Å². The van der Waals surface area contributed by atoms with E-state index >= 15 is 0 Å². The molecule has 0 aromatic heterocycles. The average Bonchev–Trinajstić information content (AvgIpc) is 2.64. The number of guanidine groups is 1. The number of nitrogens with one attached hydrogen (secondary N) is 1. The second-order valence-corrected chi connectivity index (χ2v) is 7.91. The van der Waals surface area contributed by atoms with Crippen molar-refractivity contribution in [2.75, 3.05) is 12.3 Å². The van der Waals surface area contributed by atoms with Gasteiger partial charge in [0.2, 0.25) is 0 Å². The quantitative estimate of drug-likeness (QED) is 0.230. The maximum atomic E-state index is 12.1. The first kappa shape index (κ1) is 25.0. The van der Waals surface area contributed by atoms with E-state index in [1.165, 1.54) is 24.3 Å². The normalized spacial score (nSPS) is 12.2. The fraction of sp³-hybridized carbons (Fsp3) is 0.278. The van der Waals surface area contributed by atoms with Crippen LogP contribution in [0.2, 0.25) is 0 Å². The van der Waals surface area contributed by atoms with E-state index in [9.17, 15) is 21.6 Å². The van der Waals surface area contributed by atoms with Crippen LogP contribution >= 0.6 is 24.0 Å². The Kier molecular flexibility index (Phi) is 9.70. The van der Waals surface area contributed by atoms with E-state index in [2.05, 4.69) is 15.0 Å². The van der Waals surface area contributed by atoms with Crippen LogP contribution in [0.4, 0.5) is 13.2 Å². The van der Waals surface area contributed by atoms with E-state index in [1.807, 2.05) is 0 Å². The van der Waals surface area contributed by atoms with Gasteiger partial charge in [0, 0.05) is 6.54 Å². The first-order chi connectivity index (χ1) is 13.2. The van der Waals surface area contributed by atoms with Crippen LogP contribution in [0.3, 0.4) is 0 Å². The van der Waals surface area contributed by atoms with Crippen molar-refractivity contribution in [1.82, 2.24) is 5.32 Å². The van der Waals surface area contributed by atoms with Gasteiger partial charge in [-0.2, -0.15) is 0 Å². The summed E-state index contributed by atoms with van der Waals surface area (Å²) < 4.78 is 64.4. The van der Waals surface area contributed by atoms with Crippen LogP contribution in [0, 0.1) is 0 Å². The molecular formula is C18H21F3IN3O3S. The molecule has 0 saturated heterocycles. The molecule has 0 aliphatic rings. The summed E-state index contributed by atoms with van der Waals surface area (Å²) in [5.74, 6) is -0.225. The van der Waals surface area contributed by atoms with E-state index in [0.717, 1.165) is 0 Å². The van der Waals surface area contributed by atoms with Crippen LogP contribution in [-0.4, -0.2) is 33.0 Å². The van der Waals surface area contributed by atoms with Gasteiger partial charge in [-0.3, -0.25) is 0 Å². The summed E-state index contributed by atoms with van der Waals surface area (Å²) in [6.45, 7) is 0.479. The van der Waals surface area contributed by atoms with Gasteiger partial charge >= 0.3 is 6.36 Å². The number of halogens is 4. The molecule has 11 heteroatoms. The van der Waals surface area contributed by atoms with Crippen molar-refractivity contribution in [3.63, 3.8) is 0 Å². The van der Waals surface area contributed by atoms with Crippen molar-refractivity contribution >= 4 is 39.8 Å². The molecule has 0 radical (unpaired) electrons. The maximum Gasteiger partial charge on any atom is 0.573 e. The van der Waals surface area contributed by atoms with Gasteiger partial charge in [0.25, 0.3) is 0 Å². The molecule has 0 saturated carbocycles. The molecule has 0 spiro atoms. The Morgan fingerprint density at radius 3 is 2.28 bits per heavy atom. The predicted octanol–water partition coefficient (Wildman–Crippen LogP) is 3.47. The Labute approximate surface area is 184 Å². The van der Waals surface area contributed by atoms with Gasteiger partial charge in [-0.1, -0.05) is 30.3 Å². The van der Waals surface area contributed by atoms with Crippen LogP contribution in [0.25, 0.3) is 0 Å². The molecule has 160 valence electrons. The minimum Gasteiger partial charge on any atom is -0.406 e. The standard InChI is InChI=1S/C18H20F3N3O3S.HI/c19-18(20,21)27-15-9-7-14(8-10-15)13-24-17(22)23-11-4-12-28(25,26)16-5-2-1-3-6-16;/h1-3,5-10H,4,11-13H2,(H3,22,23,24);1H. The Bertz CT molecular complexity index is 890. The highest BCUT2D eigenvalue weighted by molar-refractivity contribution is 14.0. The minimum absolute atomic E-state index is 0. The predicted molar refractivity (Wildman–Crippen MR) is 115 cm³/mol. The second-order valence-electron chi connectivity index (χ2n) is 5.81.